The quantitative estimate of drug-likeness (QED) is 0.672. The first-order chi connectivity index (χ1) is 13.3. The van der Waals surface area contributed by atoms with Gasteiger partial charge in [0.2, 0.25) is 0 Å². The van der Waals surface area contributed by atoms with Crippen molar-refractivity contribution in [1.82, 2.24) is 0 Å². The minimum absolute atomic E-state index is 0.0126. The molecule has 0 aliphatic heterocycles. The van der Waals surface area contributed by atoms with E-state index in [1.165, 1.54) is 0 Å². The molecule has 5 rings (SSSR count). The highest BCUT2D eigenvalue weighted by Crippen LogP contribution is 2.53. The molecule has 0 fully saturated rings. The van der Waals surface area contributed by atoms with Crippen LogP contribution in [-0.2, 0) is 11.3 Å². The molecule has 1 aromatic heterocycles. The molecule has 2 aliphatic carbocycles. The number of fused-ring (bicyclic) bond motifs is 5. The van der Waals surface area contributed by atoms with Crippen molar-refractivity contribution >= 4 is 16.5 Å². The first-order valence-corrected chi connectivity index (χ1v) is 9.17. The van der Waals surface area contributed by atoms with E-state index in [4.69, 9.17) is 14.4 Å². The van der Waals surface area contributed by atoms with Gasteiger partial charge in [0.05, 0.1) is 22.6 Å². The van der Waals surface area contributed by atoms with Gasteiger partial charge in [-0.2, -0.15) is 5.26 Å². The molecule has 3 aromatic rings. The largest absolute Gasteiger partial charge is 0.493 e. The summed E-state index contributed by atoms with van der Waals surface area (Å²) in [5.74, 6) is 1.70. The van der Waals surface area contributed by atoms with Crippen LogP contribution in [0.5, 0.6) is 0 Å². The van der Waals surface area contributed by atoms with E-state index in [0.29, 0.717) is 28.9 Å². The van der Waals surface area contributed by atoms with E-state index in [0.717, 1.165) is 41.7 Å². The Morgan fingerprint density at radius 1 is 1.19 bits per heavy atom. The number of ether oxygens (including phenoxy) is 1. The topological polar surface area (TPSA) is 63.2 Å². The van der Waals surface area contributed by atoms with Crippen LogP contribution in [0.2, 0.25) is 0 Å². The fraction of sp³-hybridized carbons (Fsp3) is 0.217. The van der Waals surface area contributed by atoms with Crippen molar-refractivity contribution in [2.24, 2.45) is 0 Å². The maximum atomic E-state index is 13.0. The first kappa shape index (κ1) is 15.9. The normalized spacial score (nSPS) is 17.7. The zero-order valence-electron chi connectivity index (χ0n) is 14.7. The molecule has 132 valence electrons. The van der Waals surface area contributed by atoms with Gasteiger partial charge in [-0.05, 0) is 36.6 Å². The number of nitrogens with zero attached hydrogens (tertiary/aromatic N) is 1. The summed E-state index contributed by atoms with van der Waals surface area (Å²) in [5.41, 5.74) is 3.90. The van der Waals surface area contributed by atoms with Crippen molar-refractivity contribution in [3.8, 4) is 6.07 Å². The molecule has 0 radical (unpaired) electrons. The Hall–Kier alpha value is -3.32. The van der Waals surface area contributed by atoms with Crippen LogP contribution in [0.25, 0.3) is 16.5 Å². The Labute approximate surface area is 156 Å². The first-order valence-electron chi connectivity index (χ1n) is 9.17. The average Bonchev–Trinajstić information content (AvgIpc) is 2.71. The van der Waals surface area contributed by atoms with Crippen molar-refractivity contribution in [3.05, 3.63) is 87.0 Å². The molecule has 4 heteroatoms. The molecule has 2 aromatic carbocycles. The predicted octanol–water partition coefficient (Wildman–Crippen LogP) is 4.87. The molecule has 1 heterocycles. The predicted molar refractivity (Wildman–Crippen MR) is 102 cm³/mol. The summed E-state index contributed by atoms with van der Waals surface area (Å²) in [6.07, 6.45) is 2.80. The third kappa shape index (κ3) is 2.47. The van der Waals surface area contributed by atoms with Crippen LogP contribution in [0.1, 0.15) is 47.6 Å². The average molecular weight is 355 g/mol. The number of hydrogen-bond acceptors (Lipinski definition) is 4. The van der Waals surface area contributed by atoms with E-state index in [9.17, 15) is 4.79 Å². The standard InChI is InChI=1S/C23H17NO3/c24-12-15-9-10-18-17(11-15)22(25)21-16-7-4-8-19(20(16)23(21)27-18)26-13-14-5-2-1-3-6-14/h1-3,5-6,9-11,16H,4,7-8,13H2. The minimum Gasteiger partial charge on any atom is -0.493 e. The second-order valence-electron chi connectivity index (χ2n) is 7.05. The number of allylic oxidation sites excluding steroid dienone is 2. The van der Waals surface area contributed by atoms with E-state index in [-0.39, 0.29) is 11.3 Å². The molecule has 0 amide bonds. The highest BCUT2D eigenvalue weighted by atomic mass is 16.5. The lowest BCUT2D eigenvalue weighted by molar-refractivity contribution is 0.181. The van der Waals surface area contributed by atoms with Crippen molar-refractivity contribution in [2.75, 3.05) is 0 Å². The molecule has 0 saturated carbocycles. The van der Waals surface area contributed by atoms with Crippen molar-refractivity contribution in [1.29, 1.82) is 5.26 Å². The van der Waals surface area contributed by atoms with Crippen LogP contribution in [0, 0.1) is 11.3 Å². The minimum atomic E-state index is -0.0126. The molecule has 4 nitrogen and oxygen atoms in total. The molecule has 0 N–H and O–H groups in total. The third-order valence-electron chi connectivity index (χ3n) is 5.45. The van der Waals surface area contributed by atoms with E-state index >= 15 is 0 Å². The molecule has 0 saturated heterocycles. The van der Waals surface area contributed by atoms with Crippen LogP contribution in [-0.4, -0.2) is 0 Å². The van der Waals surface area contributed by atoms with Crippen molar-refractivity contribution in [2.45, 2.75) is 31.8 Å². The fourth-order valence-electron chi connectivity index (χ4n) is 4.13. The van der Waals surface area contributed by atoms with Gasteiger partial charge in [-0.1, -0.05) is 30.3 Å². The van der Waals surface area contributed by atoms with Gasteiger partial charge in [-0.25, -0.2) is 0 Å². The lowest BCUT2D eigenvalue weighted by Gasteiger charge is -2.36. The van der Waals surface area contributed by atoms with Crippen molar-refractivity contribution in [3.63, 3.8) is 0 Å². The lowest BCUT2D eigenvalue weighted by atomic mass is 9.70. The number of hydrogen-bond donors (Lipinski definition) is 0. The van der Waals surface area contributed by atoms with Crippen LogP contribution < -0.4 is 5.43 Å². The van der Waals surface area contributed by atoms with E-state index < -0.39 is 0 Å². The van der Waals surface area contributed by atoms with Gasteiger partial charge in [-0.3, -0.25) is 4.79 Å². The second kappa shape index (κ2) is 6.14. The zero-order chi connectivity index (χ0) is 18.4. The van der Waals surface area contributed by atoms with Crippen molar-refractivity contribution < 1.29 is 9.15 Å². The maximum absolute atomic E-state index is 13.0. The molecule has 1 atom stereocenters. The third-order valence-corrected chi connectivity index (χ3v) is 5.45. The number of benzene rings is 2. The van der Waals surface area contributed by atoms with Gasteiger partial charge < -0.3 is 9.15 Å². The second-order valence-corrected chi connectivity index (χ2v) is 7.05. The molecule has 0 spiro atoms. The fourth-order valence-corrected chi connectivity index (χ4v) is 4.13. The van der Waals surface area contributed by atoms with Gasteiger partial charge in [-0.15, -0.1) is 0 Å². The Morgan fingerprint density at radius 2 is 2.04 bits per heavy atom. The van der Waals surface area contributed by atoms with Gasteiger partial charge in [0.15, 0.2) is 5.43 Å². The van der Waals surface area contributed by atoms with Crippen LogP contribution in [0.4, 0.5) is 0 Å². The summed E-state index contributed by atoms with van der Waals surface area (Å²) in [5, 5.41) is 9.58. The Bertz CT molecular complexity index is 1180. The van der Waals surface area contributed by atoms with E-state index in [1.54, 1.807) is 18.2 Å². The number of nitriles is 1. The monoisotopic (exact) mass is 355 g/mol. The summed E-state index contributed by atoms with van der Waals surface area (Å²) in [4.78, 5) is 13.0. The molecule has 27 heavy (non-hydrogen) atoms. The van der Waals surface area contributed by atoms with Crippen LogP contribution in [0.15, 0.2) is 63.5 Å². The molecular formula is C23H17NO3. The summed E-state index contributed by atoms with van der Waals surface area (Å²) < 4.78 is 12.2. The Balaban J connectivity index is 1.57. The van der Waals surface area contributed by atoms with Crippen LogP contribution >= 0.6 is 0 Å². The molecular weight excluding hydrogens is 338 g/mol. The van der Waals surface area contributed by atoms with Crippen LogP contribution in [0.3, 0.4) is 0 Å². The SMILES string of the molecule is N#Cc1ccc2oc3c(c(=O)c2c1)C1CCCC(OCc2ccccc2)=C31. The number of rotatable bonds is 3. The zero-order valence-corrected chi connectivity index (χ0v) is 14.7. The van der Waals surface area contributed by atoms with Gasteiger partial charge in [0.1, 0.15) is 23.7 Å². The summed E-state index contributed by atoms with van der Waals surface area (Å²) in [6, 6.07) is 17.2. The summed E-state index contributed by atoms with van der Waals surface area (Å²) in [7, 11) is 0. The van der Waals surface area contributed by atoms with Gasteiger partial charge in [0.25, 0.3) is 0 Å². The highest BCUT2D eigenvalue weighted by molar-refractivity contribution is 5.89. The maximum Gasteiger partial charge on any atom is 0.197 e. The van der Waals surface area contributed by atoms with Gasteiger partial charge in [0, 0.05) is 17.9 Å². The highest BCUT2D eigenvalue weighted by Gasteiger charge is 2.42. The lowest BCUT2D eigenvalue weighted by Crippen LogP contribution is -2.29. The molecule has 2 aliphatic rings. The summed E-state index contributed by atoms with van der Waals surface area (Å²) in [6.45, 7) is 0.519. The van der Waals surface area contributed by atoms with E-state index in [2.05, 4.69) is 6.07 Å². The molecule has 1 unspecified atom stereocenters. The smallest absolute Gasteiger partial charge is 0.197 e. The molecule has 0 bridgehead atoms. The van der Waals surface area contributed by atoms with E-state index in [1.807, 2.05) is 30.3 Å². The van der Waals surface area contributed by atoms with Gasteiger partial charge >= 0.3 is 0 Å². The Morgan fingerprint density at radius 3 is 2.85 bits per heavy atom. The Kier molecular flexibility index (Phi) is 3.61. The summed E-state index contributed by atoms with van der Waals surface area (Å²) >= 11 is 0.